The van der Waals surface area contributed by atoms with Crippen molar-refractivity contribution in [1.82, 2.24) is 5.43 Å². The van der Waals surface area contributed by atoms with E-state index in [9.17, 15) is 4.79 Å². The molecular formula is C6H12N4O5. The maximum atomic E-state index is 11.3. The first-order valence-electron chi connectivity index (χ1n) is 3.99. The maximum Gasteiger partial charge on any atom is 0.210 e. The molecule has 0 heterocycles. The van der Waals surface area contributed by atoms with Crippen LogP contribution in [0.15, 0.2) is 5.22 Å². The van der Waals surface area contributed by atoms with Crippen LogP contribution >= 0.6 is 0 Å². The van der Waals surface area contributed by atoms with Crippen LogP contribution in [0.1, 0.15) is 0 Å². The molecule has 0 saturated carbocycles. The maximum absolute atomic E-state index is 11.3. The van der Waals surface area contributed by atoms with Crippen molar-refractivity contribution >= 4 is 5.78 Å². The van der Waals surface area contributed by atoms with Gasteiger partial charge >= 0.3 is 0 Å². The summed E-state index contributed by atoms with van der Waals surface area (Å²) in [6.45, 7) is -1.51. The average molecular weight is 220 g/mol. The Balaban J connectivity index is 4.42. The molecule has 0 aromatic carbocycles. The molecule has 0 saturated heterocycles. The van der Waals surface area contributed by atoms with E-state index < -0.39 is 37.2 Å². The highest BCUT2D eigenvalue weighted by molar-refractivity contribution is 5.88. The van der Waals surface area contributed by atoms with Crippen molar-refractivity contribution in [1.29, 1.82) is 0 Å². The molecule has 0 radical (unpaired) electrons. The molecule has 0 aromatic heterocycles. The molecule has 0 aromatic rings. The number of ketones is 1. The van der Waals surface area contributed by atoms with E-state index in [0.717, 1.165) is 0 Å². The Morgan fingerprint density at radius 2 is 2.00 bits per heavy atom. The van der Waals surface area contributed by atoms with E-state index in [0.29, 0.717) is 0 Å². The van der Waals surface area contributed by atoms with Gasteiger partial charge in [-0.15, -0.1) is 5.53 Å². The van der Waals surface area contributed by atoms with Crippen molar-refractivity contribution in [3.05, 3.63) is 10.4 Å². The summed E-state index contributed by atoms with van der Waals surface area (Å²) in [5, 5.41) is 38.1. The minimum Gasteiger partial charge on any atom is -0.394 e. The number of hydrogen-bond donors (Lipinski definition) is 5. The Bertz CT molecular complexity index is 254. The minimum atomic E-state index is -1.85. The van der Waals surface area contributed by atoms with E-state index in [1.807, 2.05) is 5.43 Å². The highest BCUT2D eigenvalue weighted by atomic mass is 16.4. The lowest BCUT2D eigenvalue weighted by molar-refractivity contribution is -0.137. The van der Waals surface area contributed by atoms with Gasteiger partial charge in [-0.3, -0.25) is 4.79 Å². The number of rotatable bonds is 7. The number of nitrogens with zero attached hydrogens (tertiary/aromatic N) is 3. The highest BCUT2D eigenvalue weighted by Gasteiger charge is 2.31. The normalized spacial score (nSPS) is 16.0. The van der Waals surface area contributed by atoms with E-state index in [2.05, 4.69) is 10.1 Å². The Labute approximate surface area is 84.6 Å². The molecule has 0 aliphatic rings. The molecule has 0 spiro atoms. The molecule has 9 nitrogen and oxygen atoms in total. The summed E-state index contributed by atoms with van der Waals surface area (Å²) in [6, 6.07) is -1.32. The fraction of sp³-hybridized carbons (Fsp3) is 0.833. The second kappa shape index (κ2) is 6.98. The van der Waals surface area contributed by atoms with E-state index in [1.165, 1.54) is 0 Å². The first-order valence-corrected chi connectivity index (χ1v) is 3.99. The Kier molecular flexibility index (Phi) is 6.34. The zero-order valence-electron chi connectivity index (χ0n) is 7.69. The zero-order chi connectivity index (χ0) is 11.8. The number of nitrogens with one attached hydrogen (secondary N) is 1. The third-order valence-electron chi connectivity index (χ3n) is 1.63. The summed E-state index contributed by atoms with van der Waals surface area (Å²) < 4.78 is 0. The van der Waals surface area contributed by atoms with Crippen LogP contribution in [0.2, 0.25) is 0 Å². The molecule has 0 aliphatic carbocycles. The number of Topliss-reactive ketones (excluding diaryl/α,β-unsaturated/α-hetero) is 1. The predicted octanol–water partition coefficient (Wildman–Crippen LogP) is -2.55. The minimum absolute atomic E-state index is 0.715. The van der Waals surface area contributed by atoms with Crippen LogP contribution in [0, 0.1) is 0 Å². The molecule has 3 atom stereocenters. The van der Waals surface area contributed by atoms with Gasteiger partial charge in [0.15, 0.2) is 6.04 Å². The lowest BCUT2D eigenvalue weighted by Gasteiger charge is -2.17. The van der Waals surface area contributed by atoms with Crippen molar-refractivity contribution in [2.45, 2.75) is 18.2 Å². The van der Waals surface area contributed by atoms with Gasteiger partial charge in [0.2, 0.25) is 5.78 Å². The molecule has 0 aliphatic heterocycles. The molecule has 9 heteroatoms. The Morgan fingerprint density at radius 3 is 2.40 bits per heavy atom. The molecule has 0 bridgehead atoms. The van der Waals surface area contributed by atoms with Crippen molar-refractivity contribution in [3.63, 3.8) is 0 Å². The van der Waals surface area contributed by atoms with Crippen LogP contribution in [-0.2, 0) is 4.79 Å². The fourth-order valence-corrected chi connectivity index (χ4v) is 0.786. The summed E-state index contributed by atoms with van der Waals surface area (Å²) >= 11 is 0. The van der Waals surface area contributed by atoms with Crippen LogP contribution in [0.3, 0.4) is 0 Å². The van der Waals surface area contributed by atoms with E-state index >= 15 is 0 Å². The lowest BCUT2D eigenvalue weighted by Crippen LogP contribution is -2.48. The molecule has 5 N–H and O–H groups in total. The van der Waals surface area contributed by atoms with Crippen molar-refractivity contribution in [3.8, 4) is 0 Å². The predicted molar refractivity (Wildman–Crippen MR) is 47.3 cm³/mol. The number of aliphatic hydroxyl groups is 4. The van der Waals surface area contributed by atoms with Gasteiger partial charge in [0, 0.05) is 0 Å². The van der Waals surface area contributed by atoms with Crippen LogP contribution < -0.4 is 5.43 Å². The molecule has 0 unspecified atom stereocenters. The number of carbonyl (C=O) groups is 1. The van der Waals surface area contributed by atoms with Gasteiger partial charge in [0.05, 0.1) is 13.2 Å². The average Bonchev–Trinajstić information content (AvgIpc) is 2.27. The second-order valence-electron chi connectivity index (χ2n) is 2.65. The van der Waals surface area contributed by atoms with Gasteiger partial charge in [-0.25, -0.2) is 5.43 Å². The smallest absolute Gasteiger partial charge is 0.210 e. The number of carbonyl (C=O) groups excluding carboxylic acids is 1. The van der Waals surface area contributed by atoms with Crippen LogP contribution in [0.4, 0.5) is 0 Å². The van der Waals surface area contributed by atoms with Crippen molar-refractivity contribution in [2.24, 2.45) is 5.22 Å². The summed E-state index contributed by atoms with van der Waals surface area (Å²) in [5.41, 5.74) is 9.87. The number of aliphatic hydroxyl groups excluding tert-OH is 4. The van der Waals surface area contributed by atoms with Gasteiger partial charge in [0.1, 0.15) is 12.2 Å². The third-order valence-corrected chi connectivity index (χ3v) is 1.63. The SMILES string of the molecule is [N-]=[N+]=NN[C@H](CO)C(=O)[C@H](O)[C@H](O)CO. The van der Waals surface area contributed by atoms with Gasteiger partial charge < -0.3 is 20.4 Å². The highest BCUT2D eigenvalue weighted by Crippen LogP contribution is 1.99. The Hall–Kier alpha value is -1.38. The molecule has 0 rings (SSSR count). The molecular weight excluding hydrogens is 208 g/mol. The summed E-state index contributed by atoms with van der Waals surface area (Å²) in [6.07, 6.45) is -3.49. The first kappa shape index (κ1) is 13.6. The van der Waals surface area contributed by atoms with E-state index in [-0.39, 0.29) is 0 Å². The summed E-state index contributed by atoms with van der Waals surface area (Å²) in [7, 11) is 0. The summed E-state index contributed by atoms with van der Waals surface area (Å²) in [5.74, 6) is -0.980. The summed E-state index contributed by atoms with van der Waals surface area (Å²) in [4.78, 5) is 13.5. The molecule has 0 fully saturated rings. The van der Waals surface area contributed by atoms with E-state index in [4.69, 9.17) is 26.0 Å². The quantitative estimate of drug-likeness (QED) is 0.137. The number of hydrogen-bond acceptors (Lipinski definition) is 6. The second-order valence-corrected chi connectivity index (χ2v) is 2.65. The lowest BCUT2D eigenvalue weighted by atomic mass is 10.0. The molecule has 86 valence electrons. The third kappa shape index (κ3) is 4.11. The first-order chi connectivity index (χ1) is 7.08. The van der Waals surface area contributed by atoms with Crippen LogP contribution in [0.5, 0.6) is 0 Å². The zero-order valence-corrected chi connectivity index (χ0v) is 7.69. The fourth-order valence-electron chi connectivity index (χ4n) is 0.786. The molecule has 0 amide bonds. The van der Waals surface area contributed by atoms with Crippen molar-refractivity contribution < 1.29 is 25.2 Å². The molecule has 15 heavy (non-hydrogen) atoms. The van der Waals surface area contributed by atoms with Crippen LogP contribution in [0.25, 0.3) is 10.4 Å². The largest absolute Gasteiger partial charge is 0.394 e. The van der Waals surface area contributed by atoms with Gasteiger partial charge in [-0.2, -0.15) is 4.91 Å². The van der Waals surface area contributed by atoms with Gasteiger partial charge in [-0.05, 0) is 5.22 Å². The Morgan fingerprint density at radius 1 is 1.40 bits per heavy atom. The standard InChI is InChI=1S/C6H12N4O5/c7-9-10-8-3(1-11)5(14)6(15)4(13)2-12/h3-4,6,8,11-13,15H,1-2H2/t3-,4-,6-/m1/s1. The van der Waals surface area contributed by atoms with Gasteiger partial charge in [0.25, 0.3) is 0 Å². The van der Waals surface area contributed by atoms with Crippen LogP contribution in [-0.4, -0.2) is 57.7 Å². The van der Waals surface area contributed by atoms with E-state index in [1.54, 1.807) is 0 Å². The number of azide groups is 1. The van der Waals surface area contributed by atoms with Gasteiger partial charge in [-0.1, -0.05) is 0 Å². The van der Waals surface area contributed by atoms with Crippen molar-refractivity contribution in [2.75, 3.05) is 13.2 Å². The topological polar surface area (TPSA) is 159 Å². The monoisotopic (exact) mass is 220 g/mol.